The first-order valence-electron chi connectivity index (χ1n) is 8.88. The first-order chi connectivity index (χ1) is 14.9. The van der Waals surface area contributed by atoms with Crippen molar-refractivity contribution in [2.45, 2.75) is 15.8 Å². The van der Waals surface area contributed by atoms with E-state index in [0.29, 0.717) is 16.2 Å². The number of nitro benzene ring substituents is 1. The molecule has 0 saturated heterocycles. The quantitative estimate of drug-likeness (QED) is 0.314. The lowest BCUT2D eigenvalue weighted by Gasteiger charge is -2.09. The minimum absolute atomic E-state index is 0.0703. The lowest BCUT2D eigenvalue weighted by atomic mass is 10.1. The van der Waals surface area contributed by atoms with E-state index in [1.165, 1.54) is 41.7 Å². The number of nitrogens with one attached hydrogen (secondary N) is 2. The number of aromatic nitrogens is 3. The highest BCUT2D eigenvalue weighted by Crippen LogP contribution is 2.28. The Kier molecular flexibility index (Phi) is 7.26. The lowest BCUT2D eigenvalue weighted by molar-refractivity contribution is -0.387. The van der Waals surface area contributed by atoms with Gasteiger partial charge in [0.2, 0.25) is 0 Å². The second-order valence-electron chi connectivity index (χ2n) is 6.26. The molecule has 10 nitrogen and oxygen atoms in total. The molecular weight excluding hydrogens is 440 g/mol. The van der Waals surface area contributed by atoms with Crippen LogP contribution in [0.5, 0.6) is 0 Å². The van der Waals surface area contributed by atoms with E-state index < -0.39 is 16.7 Å². The van der Waals surface area contributed by atoms with E-state index in [-0.39, 0.29) is 11.3 Å². The van der Waals surface area contributed by atoms with Crippen LogP contribution in [0.15, 0.2) is 58.8 Å². The summed E-state index contributed by atoms with van der Waals surface area (Å²) in [5.74, 6) is -0.493. The van der Waals surface area contributed by atoms with Crippen molar-refractivity contribution >= 4 is 41.0 Å². The van der Waals surface area contributed by atoms with Crippen LogP contribution < -0.4 is 10.9 Å². The standard InChI is InChI=1S/C19H18N6O4S2/c1-24-11-20-23-19(24)31-10-12-3-5-13(6-4-12)17(26)21-22-18(27)14-7-8-16(30-2)15(9-14)25(28)29/h3-9,11H,10H2,1-2H3,(H,21,26)(H,22,27). The van der Waals surface area contributed by atoms with Crippen molar-refractivity contribution in [2.24, 2.45) is 7.05 Å². The van der Waals surface area contributed by atoms with Gasteiger partial charge in [0, 0.05) is 30.0 Å². The fraction of sp³-hybridized carbons (Fsp3) is 0.158. The number of carbonyl (C=O) groups is 2. The van der Waals surface area contributed by atoms with Crippen molar-refractivity contribution in [2.75, 3.05) is 6.26 Å². The molecule has 2 aromatic carbocycles. The van der Waals surface area contributed by atoms with Crippen LogP contribution in [-0.2, 0) is 12.8 Å². The van der Waals surface area contributed by atoms with E-state index >= 15 is 0 Å². The maximum absolute atomic E-state index is 12.3. The second kappa shape index (κ2) is 10.1. The molecule has 31 heavy (non-hydrogen) atoms. The Bertz CT molecular complexity index is 1120. The summed E-state index contributed by atoms with van der Waals surface area (Å²) in [6.07, 6.45) is 3.33. The van der Waals surface area contributed by atoms with Crippen molar-refractivity contribution < 1.29 is 14.5 Å². The van der Waals surface area contributed by atoms with Gasteiger partial charge in [0.1, 0.15) is 6.33 Å². The van der Waals surface area contributed by atoms with Gasteiger partial charge >= 0.3 is 0 Å². The van der Waals surface area contributed by atoms with Gasteiger partial charge in [-0.1, -0.05) is 23.9 Å². The largest absolute Gasteiger partial charge is 0.312 e. The third kappa shape index (κ3) is 5.61. The zero-order valence-corrected chi connectivity index (χ0v) is 18.2. The fourth-order valence-corrected chi connectivity index (χ4v) is 3.93. The number of aryl methyl sites for hydroxylation is 1. The molecule has 160 valence electrons. The molecule has 3 aromatic rings. The molecule has 3 rings (SSSR count). The molecule has 0 aliphatic carbocycles. The Balaban J connectivity index is 1.56. The number of hydrogen-bond donors (Lipinski definition) is 2. The highest BCUT2D eigenvalue weighted by Gasteiger charge is 2.17. The minimum Gasteiger partial charge on any atom is -0.312 e. The number of thioether (sulfide) groups is 2. The van der Waals surface area contributed by atoms with Crippen molar-refractivity contribution in [3.63, 3.8) is 0 Å². The minimum atomic E-state index is -0.652. The van der Waals surface area contributed by atoms with Crippen molar-refractivity contribution in [1.29, 1.82) is 0 Å². The van der Waals surface area contributed by atoms with Gasteiger partial charge in [0.05, 0.1) is 9.82 Å². The first-order valence-corrected chi connectivity index (χ1v) is 11.1. The Labute approximate surface area is 185 Å². The molecule has 2 amide bonds. The van der Waals surface area contributed by atoms with Gasteiger partial charge in [0.15, 0.2) is 5.16 Å². The molecule has 0 fully saturated rings. The number of rotatable bonds is 7. The van der Waals surface area contributed by atoms with Gasteiger partial charge in [-0.25, -0.2) is 0 Å². The van der Waals surface area contributed by atoms with Gasteiger partial charge in [-0.05, 0) is 36.1 Å². The van der Waals surface area contributed by atoms with Crippen LogP contribution in [0.25, 0.3) is 0 Å². The van der Waals surface area contributed by atoms with E-state index in [1.54, 1.807) is 24.7 Å². The summed E-state index contributed by atoms with van der Waals surface area (Å²) in [5.41, 5.74) is 5.85. The maximum atomic E-state index is 12.3. The molecular formula is C19H18N6O4S2. The predicted molar refractivity (Wildman–Crippen MR) is 117 cm³/mol. The molecule has 0 aliphatic rings. The average Bonchev–Trinajstić information content (AvgIpc) is 3.20. The topological polar surface area (TPSA) is 132 Å². The maximum Gasteiger partial charge on any atom is 0.283 e. The first kappa shape index (κ1) is 22.3. The Hall–Kier alpha value is -3.38. The van der Waals surface area contributed by atoms with E-state index in [9.17, 15) is 19.7 Å². The second-order valence-corrected chi connectivity index (χ2v) is 8.05. The van der Waals surface area contributed by atoms with E-state index in [4.69, 9.17) is 0 Å². The molecule has 1 heterocycles. The van der Waals surface area contributed by atoms with E-state index in [1.807, 2.05) is 23.7 Å². The Morgan fingerprint density at radius 3 is 2.32 bits per heavy atom. The van der Waals surface area contributed by atoms with Crippen molar-refractivity contribution in [1.82, 2.24) is 25.6 Å². The molecule has 2 N–H and O–H groups in total. The van der Waals surface area contributed by atoms with Crippen LogP contribution in [0.2, 0.25) is 0 Å². The molecule has 0 aliphatic heterocycles. The summed E-state index contributed by atoms with van der Waals surface area (Å²) in [6, 6.07) is 11.0. The summed E-state index contributed by atoms with van der Waals surface area (Å²) >= 11 is 2.73. The monoisotopic (exact) mass is 458 g/mol. The molecule has 0 radical (unpaired) electrons. The normalized spacial score (nSPS) is 10.5. The van der Waals surface area contributed by atoms with Crippen LogP contribution in [0.3, 0.4) is 0 Å². The van der Waals surface area contributed by atoms with Crippen LogP contribution in [-0.4, -0.2) is 37.8 Å². The predicted octanol–water partition coefficient (Wildman–Crippen LogP) is 2.81. The van der Waals surface area contributed by atoms with E-state index in [2.05, 4.69) is 21.0 Å². The molecule has 0 unspecified atom stereocenters. The summed E-state index contributed by atoms with van der Waals surface area (Å²) in [5, 5.41) is 19.8. The highest BCUT2D eigenvalue weighted by atomic mass is 32.2. The third-order valence-corrected chi connectivity index (χ3v) is 6.07. The van der Waals surface area contributed by atoms with Crippen LogP contribution in [0, 0.1) is 10.1 Å². The molecule has 12 heteroatoms. The van der Waals surface area contributed by atoms with Gasteiger partial charge in [-0.3, -0.25) is 30.6 Å². The smallest absolute Gasteiger partial charge is 0.283 e. The summed E-state index contributed by atoms with van der Waals surface area (Å²) in [7, 11) is 1.86. The number of nitro groups is 1. The van der Waals surface area contributed by atoms with E-state index in [0.717, 1.165) is 10.7 Å². The number of amides is 2. The number of benzene rings is 2. The average molecular weight is 459 g/mol. The zero-order valence-electron chi connectivity index (χ0n) is 16.6. The molecule has 1 aromatic heterocycles. The lowest BCUT2D eigenvalue weighted by Crippen LogP contribution is -2.41. The Morgan fingerprint density at radius 1 is 1.10 bits per heavy atom. The third-order valence-electron chi connectivity index (χ3n) is 4.18. The molecule has 0 spiro atoms. The highest BCUT2D eigenvalue weighted by molar-refractivity contribution is 7.98. The number of hydrogen-bond acceptors (Lipinski definition) is 8. The molecule has 0 saturated carbocycles. The summed E-state index contributed by atoms with van der Waals surface area (Å²) in [6.45, 7) is 0. The van der Waals surface area contributed by atoms with Crippen LogP contribution in [0.1, 0.15) is 26.3 Å². The number of carbonyl (C=O) groups excluding carboxylic acids is 2. The molecule has 0 bridgehead atoms. The van der Waals surface area contributed by atoms with Gasteiger partial charge < -0.3 is 4.57 Å². The summed E-state index contributed by atoms with van der Waals surface area (Å²) in [4.78, 5) is 35.6. The zero-order chi connectivity index (χ0) is 22.4. The number of hydrazine groups is 1. The van der Waals surface area contributed by atoms with Gasteiger partial charge in [0.25, 0.3) is 17.5 Å². The summed E-state index contributed by atoms with van der Waals surface area (Å²) < 4.78 is 1.82. The SMILES string of the molecule is CSc1ccc(C(=O)NNC(=O)c2ccc(CSc3nncn3C)cc2)cc1[N+](=O)[O-]. The van der Waals surface area contributed by atoms with Gasteiger partial charge in [-0.15, -0.1) is 22.0 Å². The van der Waals surface area contributed by atoms with Gasteiger partial charge in [-0.2, -0.15) is 0 Å². The number of nitrogens with zero attached hydrogens (tertiary/aromatic N) is 4. The molecule has 0 atom stereocenters. The fourth-order valence-electron chi connectivity index (χ4n) is 2.54. The van der Waals surface area contributed by atoms with Crippen LogP contribution in [0.4, 0.5) is 5.69 Å². The van der Waals surface area contributed by atoms with Crippen molar-refractivity contribution in [3.05, 3.63) is 75.6 Å². The Morgan fingerprint density at radius 2 is 1.74 bits per heavy atom. The van der Waals surface area contributed by atoms with Crippen LogP contribution >= 0.6 is 23.5 Å². The van der Waals surface area contributed by atoms with Crippen molar-refractivity contribution in [3.8, 4) is 0 Å².